The standard InChI is InChI=1S/C19H25F3N6O/c20-19(21,22)14-10-24-17(26-18-8-12(18)9-18)25-16(14)23-4-1-5-28-13-2-6-27(7-3-13)11-15(28)29/h10,12-13H,1-9,11H2,(H2,23,24,25,26). The van der Waals surface area contributed by atoms with E-state index in [0.717, 1.165) is 45.0 Å². The lowest BCUT2D eigenvalue weighted by Gasteiger charge is -2.31. The number of piperidine rings is 1. The first-order valence-corrected chi connectivity index (χ1v) is 10.3. The molecule has 0 unspecified atom stereocenters. The number of aromatic nitrogens is 2. The summed E-state index contributed by atoms with van der Waals surface area (Å²) in [5.74, 6) is 0.799. The van der Waals surface area contributed by atoms with Crippen molar-refractivity contribution in [1.29, 1.82) is 0 Å². The predicted molar refractivity (Wildman–Crippen MR) is 100 cm³/mol. The van der Waals surface area contributed by atoms with Gasteiger partial charge in [0.1, 0.15) is 11.4 Å². The maximum absolute atomic E-state index is 13.3. The minimum absolute atomic E-state index is 0.0410. The normalized spacial score (nSPS) is 32.6. The molecule has 1 amide bonds. The molecule has 2 N–H and O–H groups in total. The van der Waals surface area contributed by atoms with E-state index in [1.807, 2.05) is 4.90 Å². The summed E-state index contributed by atoms with van der Waals surface area (Å²) in [6, 6.07) is 0.256. The van der Waals surface area contributed by atoms with Crippen molar-refractivity contribution >= 4 is 17.7 Å². The summed E-state index contributed by atoms with van der Waals surface area (Å²) in [5, 5.41) is 6.00. The smallest absolute Gasteiger partial charge is 0.369 e. The summed E-state index contributed by atoms with van der Waals surface area (Å²) in [4.78, 5) is 24.4. The van der Waals surface area contributed by atoms with Crippen molar-refractivity contribution in [2.24, 2.45) is 5.92 Å². The third-order valence-corrected chi connectivity index (χ3v) is 6.68. The van der Waals surface area contributed by atoms with Crippen LogP contribution in [-0.2, 0) is 11.0 Å². The summed E-state index contributed by atoms with van der Waals surface area (Å²) in [6.45, 7) is 3.20. The number of halogens is 3. The lowest BCUT2D eigenvalue weighted by atomic mass is 10.1. The van der Waals surface area contributed by atoms with Crippen LogP contribution in [0.1, 0.15) is 37.7 Å². The van der Waals surface area contributed by atoms with Gasteiger partial charge in [-0.25, -0.2) is 4.98 Å². The fourth-order valence-corrected chi connectivity index (χ4v) is 4.55. The third kappa shape index (κ3) is 3.74. The van der Waals surface area contributed by atoms with Gasteiger partial charge >= 0.3 is 6.18 Å². The molecule has 0 radical (unpaired) electrons. The third-order valence-electron chi connectivity index (χ3n) is 6.68. The molecule has 10 heteroatoms. The summed E-state index contributed by atoms with van der Waals surface area (Å²) >= 11 is 0. The molecule has 1 aromatic heterocycles. The number of carbonyl (C=O) groups is 1. The first-order chi connectivity index (χ1) is 13.8. The summed E-state index contributed by atoms with van der Waals surface area (Å²) in [7, 11) is 0. The Labute approximate surface area is 167 Å². The second-order valence-corrected chi connectivity index (χ2v) is 8.71. The average Bonchev–Trinajstić information content (AvgIpc) is 3.52. The molecule has 3 saturated heterocycles. The maximum atomic E-state index is 13.3. The SMILES string of the molecule is O=C1CN2CCC(CC2)N1CCCNc1nc(NC23CC2C3)ncc1C(F)(F)F. The van der Waals surface area contributed by atoms with Gasteiger partial charge in [-0.05, 0) is 38.0 Å². The van der Waals surface area contributed by atoms with Gasteiger partial charge in [-0.3, -0.25) is 9.69 Å². The van der Waals surface area contributed by atoms with Gasteiger partial charge in [-0.2, -0.15) is 18.2 Å². The van der Waals surface area contributed by atoms with Gasteiger partial charge in [0, 0.05) is 44.0 Å². The van der Waals surface area contributed by atoms with Crippen molar-refractivity contribution in [3.8, 4) is 0 Å². The molecule has 4 heterocycles. The lowest BCUT2D eigenvalue weighted by Crippen LogP contribution is -2.41. The van der Waals surface area contributed by atoms with E-state index in [0.29, 0.717) is 32.0 Å². The van der Waals surface area contributed by atoms with Crippen LogP contribution < -0.4 is 10.6 Å². The Morgan fingerprint density at radius 3 is 2.62 bits per heavy atom. The molecule has 7 nitrogen and oxygen atoms in total. The van der Waals surface area contributed by atoms with Crippen LogP contribution in [-0.4, -0.2) is 70.0 Å². The zero-order valence-electron chi connectivity index (χ0n) is 16.1. The van der Waals surface area contributed by atoms with Gasteiger partial charge in [0.05, 0.1) is 6.54 Å². The molecular weight excluding hydrogens is 385 g/mol. The van der Waals surface area contributed by atoms with Gasteiger partial charge in [0.2, 0.25) is 11.9 Å². The van der Waals surface area contributed by atoms with Crippen LogP contribution in [0.2, 0.25) is 0 Å². The van der Waals surface area contributed by atoms with Crippen LogP contribution in [0.4, 0.5) is 24.9 Å². The molecule has 0 aromatic carbocycles. The van der Waals surface area contributed by atoms with Crippen LogP contribution in [0.25, 0.3) is 0 Å². The van der Waals surface area contributed by atoms with Crippen LogP contribution in [0.5, 0.6) is 0 Å². The van der Waals surface area contributed by atoms with Crippen molar-refractivity contribution in [1.82, 2.24) is 19.8 Å². The highest BCUT2D eigenvalue weighted by Crippen LogP contribution is 2.68. The molecule has 29 heavy (non-hydrogen) atoms. The zero-order chi connectivity index (χ0) is 20.2. The minimum atomic E-state index is -4.52. The monoisotopic (exact) mass is 410 g/mol. The van der Waals surface area contributed by atoms with Crippen molar-refractivity contribution < 1.29 is 18.0 Å². The Morgan fingerprint density at radius 2 is 1.97 bits per heavy atom. The number of fused-ring (bicyclic) bond motifs is 5. The number of nitrogens with zero attached hydrogens (tertiary/aromatic N) is 4. The molecule has 2 bridgehead atoms. The largest absolute Gasteiger partial charge is 0.421 e. The van der Waals surface area contributed by atoms with E-state index in [1.165, 1.54) is 0 Å². The van der Waals surface area contributed by atoms with Gasteiger partial charge < -0.3 is 15.5 Å². The van der Waals surface area contributed by atoms with E-state index >= 15 is 0 Å². The van der Waals surface area contributed by atoms with Crippen molar-refractivity contribution in [3.05, 3.63) is 11.8 Å². The molecule has 0 spiro atoms. The molecule has 2 saturated carbocycles. The van der Waals surface area contributed by atoms with Crippen molar-refractivity contribution in [3.63, 3.8) is 0 Å². The van der Waals surface area contributed by atoms with E-state index in [4.69, 9.17) is 0 Å². The van der Waals surface area contributed by atoms with Crippen molar-refractivity contribution in [2.75, 3.05) is 43.4 Å². The predicted octanol–water partition coefficient (Wildman–Crippen LogP) is 2.18. The van der Waals surface area contributed by atoms with Gasteiger partial charge in [0.25, 0.3) is 0 Å². The number of hydrogen-bond acceptors (Lipinski definition) is 6. The minimum Gasteiger partial charge on any atom is -0.369 e. The Bertz CT molecular complexity index is 802. The number of carbonyl (C=O) groups excluding carboxylic acids is 1. The van der Waals surface area contributed by atoms with Crippen molar-refractivity contribution in [2.45, 2.75) is 49.9 Å². The molecule has 5 aliphatic rings. The Morgan fingerprint density at radius 1 is 1.24 bits per heavy atom. The number of rotatable bonds is 7. The van der Waals surface area contributed by atoms with E-state index in [-0.39, 0.29) is 29.3 Å². The molecule has 5 fully saturated rings. The van der Waals surface area contributed by atoms with E-state index < -0.39 is 11.7 Å². The Hall–Kier alpha value is -2.10. The number of hydrogen-bond donors (Lipinski definition) is 2. The maximum Gasteiger partial charge on any atom is 0.421 e. The average molecular weight is 410 g/mol. The number of nitrogens with one attached hydrogen (secondary N) is 2. The summed E-state index contributed by atoms with van der Waals surface area (Å²) in [6.07, 6.45) is 0.931. The topological polar surface area (TPSA) is 73.4 Å². The highest BCUT2D eigenvalue weighted by atomic mass is 19.4. The Balaban J connectivity index is 1.21. The molecular formula is C19H25F3N6O. The molecule has 3 aliphatic heterocycles. The molecule has 6 rings (SSSR count). The van der Waals surface area contributed by atoms with Crippen LogP contribution in [0.15, 0.2) is 6.20 Å². The molecule has 1 aromatic rings. The van der Waals surface area contributed by atoms with E-state index in [9.17, 15) is 18.0 Å². The number of alkyl halides is 3. The number of anilines is 2. The quantitative estimate of drug-likeness (QED) is 0.672. The van der Waals surface area contributed by atoms with Gasteiger partial charge in [-0.15, -0.1) is 0 Å². The van der Waals surface area contributed by atoms with E-state index in [1.54, 1.807) is 0 Å². The second kappa shape index (κ2) is 6.72. The van der Waals surface area contributed by atoms with Gasteiger partial charge in [-0.1, -0.05) is 0 Å². The Kier molecular flexibility index (Phi) is 4.38. The highest BCUT2D eigenvalue weighted by Gasteiger charge is 2.70. The zero-order valence-corrected chi connectivity index (χ0v) is 16.1. The fraction of sp³-hybridized carbons (Fsp3) is 0.737. The highest BCUT2D eigenvalue weighted by molar-refractivity contribution is 5.79. The van der Waals surface area contributed by atoms with Crippen LogP contribution in [0, 0.1) is 5.92 Å². The van der Waals surface area contributed by atoms with Gasteiger partial charge in [0.15, 0.2) is 0 Å². The summed E-state index contributed by atoms with van der Waals surface area (Å²) in [5.41, 5.74) is -0.819. The second-order valence-electron chi connectivity index (χ2n) is 8.71. The number of amides is 1. The molecule has 2 aliphatic carbocycles. The summed E-state index contributed by atoms with van der Waals surface area (Å²) < 4.78 is 40.0. The first-order valence-electron chi connectivity index (χ1n) is 10.3. The molecule has 158 valence electrons. The lowest BCUT2D eigenvalue weighted by molar-refractivity contribution is -0.137. The van der Waals surface area contributed by atoms with Crippen LogP contribution >= 0.6 is 0 Å². The van der Waals surface area contributed by atoms with E-state index in [2.05, 4.69) is 25.5 Å². The molecule has 0 atom stereocenters. The fourth-order valence-electron chi connectivity index (χ4n) is 4.55. The first kappa shape index (κ1) is 18.9. The van der Waals surface area contributed by atoms with Crippen LogP contribution in [0.3, 0.4) is 0 Å².